The summed E-state index contributed by atoms with van der Waals surface area (Å²) in [6, 6.07) is 18.7. The highest BCUT2D eigenvalue weighted by molar-refractivity contribution is 5.92. The van der Waals surface area contributed by atoms with Gasteiger partial charge in [-0.1, -0.05) is 74.5 Å². The highest BCUT2D eigenvalue weighted by Crippen LogP contribution is 2.18. The predicted molar refractivity (Wildman–Crippen MR) is 189 cm³/mol. The van der Waals surface area contributed by atoms with E-state index >= 15 is 0 Å². The van der Waals surface area contributed by atoms with Crippen LogP contribution in [0.1, 0.15) is 63.5 Å². The molecule has 1 heterocycles. The van der Waals surface area contributed by atoms with Crippen molar-refractivity contribution in [1.82, 2.24) is 20.4 Å². The molecule has 3 unspecified atom stereocenters. The number of likely N-dealkylation sites (N-methyl/N-ethyl adjacent to an activating group) is 1. The van der Waals surface area contributed by atoms with E-state index in [0.29, 0.717) is 58.3 Å². The van der Waals surface area contributed by atoms with Gasteiger partial charge in [0.25, 0.3) is 0 Å². The highest BCUT2D eigenvalue weighted by Gasteiger charge is 2.32. The lowest BCUT2D eigenvalue weighted by molar-refractivity contribution is -0.139. The summed E-state index contributed by atoms with van der Waals surface area (Å²) in [6.45, 7) is 6.27. The molecule has 2 aromatic carbocycles. The van der Waals surface area contributed by atoms with Gasteiger partial charge in [-0.3, -0.25) is 14.4 Å². The van der Waals surface area contributed by atoms with Crippen LogP contribution in [0.5, 0.6) is 0 Å². The minimum Gasteiger partial charge on any atom is -0.343 e. The standard InChI is InChI=1S/C36H54N6O3.ClH/c1-27(2)24-33(39-26-30(38)25-29-14-8-5-9-15-29)35(44)40-32(16-10-11-21-37)36(45)42-22-19-31(20-23-42)41(3)34(43)18-17-28-12-6-4-7-13-28;/h4-9,12-15,17-18,27,30-33,39H,10-11,16,19-26,37-38H2,1-3H3,(H,40,44);1H. The Morgan fingerprint density at radius 3 is 2.22 bits per heavy atom. The summed E-state index contributed by atoms with van der Waals surface area (Å²) >= 11 is 0. The third kappa shape index (κ3) is 13.2. The Bertz CT molecular complexity index is 1200. The fourth-order valence-electron chi connectivity index (χ4n) is 5.78. The molecule has 3 amide bonds. The Labute approximate surface area is 281 Å². The van der Waals surface area contributed by atoms with Crippen molar-refractivity contribution >= 4 is 36.2 Å². The van der Waals surface area contributed by atoms with Crippen molar-refractivity contribution in [3.8, 4) is 0 Å². The Balaban J connectivity index is 0.00000736. The minimum absolute atomic E-state index is 0. The van der Waals surface area contributed by atoms with E-state index in [1.54, 1.807) is 11.0 Å². The zero-order chi connectivity index (χ0) is 32.6. The molecule has 9 nitrogen and oxygen atoms in total. The number of piperidine rings is 1. The number of rotatable bonds is 17. The average molecular weight is 655 g/mol. The van der Waals surface area contributed by atoms with Crippen LogP contribution in [0.4, 0.5) is 0 Å². The Hall–Kier alpha value is -3.24. The van der Waals surface area contributed by atoms with E-state index < -0.39 is 12.1 Å². The van der Waals surface area contributed by atoms with Crippen LogP contribution >= 0.6 is 12.4 Å². The summed E-state index contributed by atoms with van der Waals surface area (Å²) in [5.74, 6) is -0.0121. The molecule has 1 saturated heterocycles. The normalized spacial score (nSPS) is 15.7. The summed E-state index contributed by atoms with van der Waals surface area (Å²) in [5.41, 5.74) is 14.3. The molecule has 10 heteroatoms. The molecule has 3 atom stereocenters. The molecule has 1 aliphatic rings. The zero-order valence-electron chi connectivity index (χ0n) is 27.8. The first-order chi connectivity index (χ1) is 21.7. The number of amides is 3. The first-order valence-corrected chi connectivity index (χ1v) is 16.5. The van der Waals surface area contributed by atoms with Gasteiger partial charge in [0.2, 0.25) is 17.7 Å². The Morgan fingerprint density at radius 2 is 1.61 bits per heavy atom. The van der Waals surface area contributed by atoms with Crippen LogP contribution in [0, 0.1) is 5.92 Å². The third-order valence-corrected chi connectivity index (χ3v) is 8.44. The van der Waals surface area contributed by atoms with E-state index in [0.717, 1.165) is 24.0 Å². The maximum absolute atomic E-state index is 13.8. The molecule has 3 rings (SSSR count). The van der Waals surface area contributed by atoms with Gasteiger partial charge in [-0.2, -0.15) is 0 Å². The fourth-order valence-corrected chi connectivity index (χ4v) is 5.78. The number of likely N-dealkylation sites (tertiary alicyclic amines) is 1. The van der Waals surface area contributed by atoms with Crippen molar-refractivity contribution in [1.29, 1.82) is 0 Å². The van der Waals surface area contributed by atoms with E-state index in [1.807, 2.05) is 66.6 Å². The van der Waals surface area contributed by atoms with Crippen molar-refractivity contribution in [2.75, 3.05) is 33.2 Å². The Morgan fingerprint density at radius 1 is 0.978 bits per heavy atom. The molecule has 46 heavy (non-hydrogen) atoms. The molecule has 0 spiro atoms. The van der Waals surface area contributed by atoms with Gasteiger partial charge in [0.1, 0.15) is 6.04 Å². The molecule has 254 valence electrons. The van der Waals surface area contributed by atoms with E-state index in [2.05, 4.69) is 36.6 Å². The molecular weight excluding hydrogens is 600 g/mol. The van der Waals surface area contributed by atoms with Crippen molar-refractivity contribution in [2.24, 2.45) is 17.4 Å². The van der Waals surface area contributed by atoms with Gasteiger partial charge in [-0.25, -0.2) is 0 Å². The summed E-state index contributed by atoms with van der Waals surface area (Å²) in [4.78, 5) is 43.8. The van der Waals surface area contributed by atoms with Gasteiger partial charge < -0.3 is 31.9 Å². The molecule has 0 saturated carbocycles. The number of nitrogens with zero attached hydrogens (tertiary/aromatic N) is 2. The smallest absolute Gasteiger partial charge is 0.246 e. The maximum atomic E-state index is 13.8. The molecule has 0 bridgehead atoms. The van der Waals surface area contributed by atoms with Crippen molar-refractivity contribution < 1.29 is 14.4 Å². The van der Waals surface area contributed by atoms with Crippen LogP contribution in [0.2, 0.25) is 0 Å². The van der Waals surface area contributed by atoms with Gasteiger partial charge >= 0.3 is 0 Å². The van der Waals surface area contributed by atoms with E-state index in [-0.39, 0.29) is 48.1 Å². The van der Waals surface area contributed by atoms with Crippen molar-refractivity contribution in [3.63, 3.8) is 0 Å². The quantitative estimate of drug-likeness (QED) is 0.152. The second-order valence-electron chi connectivity index (χ2n) is 12.6. The van der Waals surface area contributed by atoms with Crippen LogP contribution in [0.15, 0.2) is 66.7 Å². The topological polar surface area (TPSA) is 134 Å². The SMILES string of the molecule is CC(C)CC(NCC(N)Cc1ccccc1)C(=O)NC(CCCCN)C(=O)N1CCC(N(C)C(=O)C=Cc2ccccc2)CC1.Cl. The minimum atomic E-state index is -0.622. The lowest BCUT2D eigenvalue weighted by atomic mass is 9.99. The summed E-state index contributed by atoms with van der Waals surface area (Å²) in [5, 5.41) is 6.48. The average Bonchev–Trinajstić information content (AvgIpc) is 3.05. The number of carbonyl (C=O) groups excluding carboxylic acids is 3. The summed E-state index contributed by atoms with van der Waals surface area (Å²) < 4.78 is 0. The molecule has 0 aromatic heterocycles. The first kappa shape index (κ1) is 38.9. The number of carbonyl (C=O) groups is 3. The zero-order valence-corrected chi connectivity index (χ0v) is 28.6. The number of hydrogen-bond donors (Lipinski definition) is 4. The van der Waals surface area contributed by atoms with Crippen LogP contribution in [-0.2, 0) is 20.8 Å². The highest BCUT2D eigenvalue weighted by atomic mass is 35.5. The van der Waals surface area contributed by atoms with Gasteiger partial charge in [0.05, 0.1) is 6.04 Å². The van der Waals surface area contributed by atoms with E-state index in [4.69, 9.17) is 11.5 Å². The van der Waals surface area contributed by atoms with Crippen LogP contribution in [0.25, 0.3) is 6.08 Å². The lowest BCUT2D eigenvalue weighted by Crippen LogP contribution is -2.56. The number of nitrogens with two attached hydrogens (primary N) is 2. The summed E-state index contributed by atoms with van der Waals surface area (Å²) in [6.07, 6.45) is 8.22. The number of unbranched alkanes of at least 4 members (excludes halogenated alkanes) is 1. The molecule has 0 radical (unpaired) electrons. The fraction of sp³-hybridized carbons (Fsp3) is 0.528. The van der Waals surface area contributed by atoms with E-state index in [9.17, 15) is 14.4 Å². The number of halogens is 1. The monoisotopic (exact) mass is 654 g/mol. The third-order valence-electron chi connectivity index (χ3n) is 8.44. The molecule has 6 N–H and O–H groups in total. The van der Waals surface area contributed by atoms with E-state index in [1.165, 1.54) is 0 Å². The maximum Gasteiger partial charge on any atom is 0.246 e. The van der Waals surface area contributed by atoms with Crippen molar-refractivity contribution in [3.05, 3.63) is 77.9 Å². The Kier molecular flexibility index (Phi) is 17.6. The van der Waals surface area contributed by atoms with Crippen LogP contribution in [0.3, 0.4) is 0 Å². The summed E-state index contributed by atoms with van der Waals surface area (Å²) in [7, 11) is 1.82. The largest absolute Gasteiger partial charge is 0.343 e. The molecule has 2 aromatic rings. The molecule has 1 fully saturated rings. The number of benzene rings is 2. The number of hydrogen-bond acceptors (Lipinski definition) is 6. The number of nitrogens with one attached hydrogen (secondary N) is 2. The van der Waals surface area contributed by atoms with Gasteiger partial charge in [-0.05, 0) is 74.6 Å². The van der Waals surface area contributed by atoms with Gasteiger partial charge in [0.15, 0.2) is 0 Å². The predicted octanol–water partition coefficient (Wildman–Crippen LogP) is 3.76. The lowest BCUT2D eigenvalue weighted by Gasteiger charge is -2.38. The van der Waals surface area contributed by atoms with Crippen molar-refractivity contribution in [2.45, 2.75) is 83.0 Å². The molecule has 0 aliphatic carbocycles. The second kappa shape index (κ2) is 20.8. The van der Waals surface area contributed by atoms with Crippen LogP contribution < -0.4 is 22.1 Å². The van der Waals surface area contributed by atoms with Gasteiger partial charge in [-0.15, -0.1) is 12.4 Å². The second-order valence-corrected chi connectivity index (χ2v) is 12.6. The molecule has 1 aliphatic heterocycles. The molecular formula is C36H55ClN6O3. The first-order valence-electron chi connectivity index (χ1n) is 16.5. The van der Waals surface area contributed by atoms with Gasteiger partial charge in [0, 0.05) is 44.8 Å². The van der Waals surface area contributed by atoms with Crippen LogP contribution in [-0.4, -0.2) is 84.9 Å².